The van der Waals surface area contributed by atoms with E-state index in [0.29, 0.717) is 12.5 Å². The molecular weight excluding hydrogens is 306 g/mol. The van der Waals surface area contributed by atoms with Crippen molar-refractivity contribution < 1.29 is 9.90 Å². The molecule has 0 heterocycles. The molecule has 0 aliphatic heterocycles. The lowest BCUT2D eigenvalue weighted by Gasteiger charge is -2.29. The van der Waals surface area contributed by atoms with Crippen LogP contribution in [0.1, 0.15) is 44.7 Å². The normalized spacial score (nSPS) is 12.6. The summed E-state index contributed by atoms with van der Waals surface area (Å²) < 4.78 is 1.11. The summed E-state index contributed by atoms with van der Waals surface area (Å²) in [7, 11) is 0. The monoisotopic (exact) mass is 327 g/mol. The second kappa shape index (κ2) is 8.33. The largest absolute Gasteiger partial charge is 0.481 e. The summed E-state index contributed by atoms with van der Waals surface area (Å²) in [5.41, 5.74) is 1.26. The number of hydrogen-bond donors (Lipinski definition) is 1. The molecule has 0 spiro atoms. The van der Waals surface area contributed by atoms with Crippen molar-refractivity contribution >= 4 is 21.9 Å². The van der Waals surface area contributed by atoms with Gasteiger partial charge in [0.1, 0.15) is 0 Å². The third-order valence-corrected chi connectivity index (χ3v) is 3.97. The van der Waals surface area contributed by atoms with Gasteiger partial charge in [-0.15, -0.1) is 0 Å². The van der Waals surface area contributed by atoms with Gasteiger partial charge in [0.25, 0.3) is 0 Å². The van der Waals surface area contributed by atoms with Gasteiger partial charge in [-0.2, -0.15) is 0 Å². The van der Waals surface area contributed by atoms with Gasteiger partial charge < -0.3 is 5.11 Å². The number of nitrogens with zero attached hydrogens (tertiary/aromatic N) is 1. The van der Waals surface area contributed by atoms with E-state index >= 15 is 0 Å². The number of carboxylic acids is 1. The first-order valence-electron chi connectivity index (χ1n) is 6.76. The first-order valence-corrected chi connectivity index (χ1v) is 7.55. The van der Waals surface area contributed by atoms with Crippen molar-refractivity contribution in [2.75, 3.05) is 13.1 Å². The van der Waals surface area contributed by atoms with E-state index in [-0.39, 0.29) is 6.42 Å². The molecule has 0 saturated heterocycles. The molecule has 1 rings (SSSR count). The third kappa shape index (κ3) is 5.33. The zero-order valence-corrected chi connectivity index (χ0v) is 13.2. The van der Waals surface area contributed by atoms with Crippen LogP contribution in [-0.4, -0.2) is 29.1 Å². The van der Waals surface area contributed by atoms with Crippen LogP contribution in [0.5, 0.6) is 0 Å². The minimum Gasteiger partial charge on any atom is -0.481 e. The van der Waals surface area contributed by atoms with Gasteiger partial charge >= 0.3 is 5.97 Å². The zero-order chi connectivity index (χ0) is 14.3. The van der Waals surface area contributed by atoms with Gasteiger partial charge in [-0.25, -0.2) is 0 Å². The van der Waals surface area contributed by atoms with Crippen molar-refractivity contribution in [3.05, 3.63) is 34.3 Å². The Balaban J connectivity index is 2.69. The highest BCUT2D eigenvalue weighted by molar-refractivity contribution is 9.10. The fourth-order valence-corrected chi connectivity index (χ4v) is 2.85. The van der Waals surface area contributed by atoms with E-state index in [2.05, 4.69) is 40.7 Å². The van der Waals surface area contributed by atoms with Crippen LogP contribution in [0.15, 0.2) is 28.7 Å². The van der Waals surface area contributed by atoms with Gasteiger partial charge in [0, 0.05) is 16.9 Å². The lowest BCUT2D eigenvalue weighted by atomic mass is 10.1. The first kappa shape index (κ1) is 16.2. The van der Waals surface area contributed by atoms with E-state index in [1.165, 1.54) is 5.56 Å². The fraction of sp³-hybridized carbons (Fsp3) is 0.533. The highest BCUT2D eigenvalue weighted by Crippen LogP contribution is 2.27. The van der Waals surface area contributed by atoms with Crippen LogP contribution in [-0.2, 0) is 4.79 Å². The SMILES string of the molecule is CCCN(CCCC(=O)O)C(C)c1ccccc1Br. The van der Waals surface area contributed by atoms with Gasteiger partial charge in [0.15, 0.2) is 0 Å². The lowest BCUT2D eigenvalue weighted by Crippen LogP contribution is -2.29. The quantitative estimate of drug-likeness (QED) is 0.781. The van der Waals surface area contributed by atoms with Gasteiger partial charge in [0.2, 0.25) is 0 Å². The van der Waals surface area contributed by atoms with E-state index in [0.717, 1.165) is 24.0 Å². The number of benzene rings is 1. The molecular formula is C15H22BrNO2. The average Bonchev–Trinajstić information content (AvgIpc) is 2.37. The van der Waals surface area contributed by atoms with Crippen LogP contribution in [0.2, 0.25) is 0 Å². The Morgan fingerprint density at radius 2 is 2.05 bits per heavy atom. The summed E-state index contributed by atoms with van der Waals surface area (Å²) in [6.07, 6.45) is 2.01. The summed E-state index contributed by atoms with van der Waals surface area (Å²) in [5, 5.41) is 8.73. The third-order valence-electron chi connectivity index (χ3n) is 3.25. The molecule has 0 bridgehead atoms. The van der Waals surface area contributed by atoms with Crippen molar-refractivity contribution in [1.29, 1.82) is 0 Å². The van der Waals surface area contributed by atoms with Crippen molar-refractivity contribution in [2.45, 2.75) is 39.2 Å². The van der Waals surface area contributed by atoms with Crippen molar-refractivity contribution in [2.24, 2.45) is 0 Å². The van der Waals surface area contributed by atoms with Crippen LogP contribution in [0.25, 0.3) is 0 Å². The molecule has 0 amide bonds. The summed E-state index contributed by atoms with van der Waals surface area (Å²) in [6.45, 7) is 6.14. The molecule has 1 aromatic carbocycles. The Morgan fingerprint density at radius 1 is 1.37 bits per heavy atom. The zero-order valence-electron chi connectivity index (χ0n) is 11.6. The molecule has 4 heteroatoms. The summed E-state index contributed by atoms with van der Waals surface area (Å²) in [6, 6.07) is 8.51. The Labute approximate surface area is 123 Å². The van der Waals surface area contributed by atoms with Crippen LogP contribution in [0, 0.1) is 0 Å². The summed E-state index contributed by atoms with van der Waals surface area (Å²) in [5.74, 6) is -0.718. The molecule has 1 aromatic rings. The molecule has 3 nitrogen and oxygen atoms in total. The Morgan fingerprint density at radius 3 is 2.63 bits per heavy atom. The lowest BCUT2D eigenvalue weighted by molar-refractivity contribution is -0.137. The molecule has 0 aliphatic carbocycles. The van der Waals surface area contributed by atoms with Gasteiger partial charge in [-0.05, 0) is 44.5 Å². The van der Waals surface area contributed by atoms with E-state index in [1.54, 1.807) is 0 Å². The first-order chi connectivity index (χ1) is 9.06. The number of aliphatic carboxylic acids is 1. The molecule has 0 saturated carbocycles. The Hall–Kier alpha value is -0.870. The number of hydrogen-bond acceptors (Lipinski definition) is 2. The maximum atomic E-state index is 10.6. The Bertz CT molecular complexity index is 409. The molecule has 0 aliphatic rings. The second-order valence-electron chi connectivity index (χ2n) is 4.73. The van der Waals surface area contributed by atoms with Crippen molar-refractivity contribution in [3.63, 3.8) is 0 Å². The smallest absolute Gasteiger partial charge is 0.303 e. The van der Waals surface area contributed by atoms with E-state index in [4.69, 9.17) is 5.11 Å². The van der Waals surface area contributed by atoms with Gasteiger partial charge in [-0.1, -0.05) is 41.1 Å². The second-order valence-corrected chi connectivity index (χ2v) is 5.59. The minimum absolute atomic E-state index is 0.239. The van der Waals surface area contributed by atoms with Crippen molar-refractivity contribution in [3.8, 4) is 0 Å². The maximum Gasteiger partial charge on any atom is 0.303 e. The topological polar surface area (TPSA) is 40.5 Å². The Kier molecular flexibility index (Phi) is 7.10. The number of halogens is 1. The van der Waals surface area contributed by atoms with Gasteiger partial charge in [-0.3, -0.25) is 9.69 Å². The maximum absolute atomic E-state index is 10.6. The minimum atomic E-state index is -0.718. The number of carboxylic acid groups (broad SMARTS) is 1. The number of carbonyl (C=O) groups is 1. The fourth-order valence-electron chi connectivity index (χ4n) is 2.23. The average molecular weight is 328 g/mol. The van der Waals surface area contributed by atoms with Gasteiger partial charge in [0.05, 0.1) is 0 Å². The number of rotatable bonds is 8. The molecule has 0 fully saturated rings. The van der Waals surface area contributed by atoms with E-state index < -0.39 is 5.97 Å². The molecule has 0 radical (unpaired) electrons. The highest BCUT2D eigenvalue weighted by Gasteiger charge is 2.17. The molecule has 1 unspecified atom stereocenters. The molecule has 0 aromatic heterocycles. The highest BCUT2D eigenvalue weighted by atomic mass is 79.9. The summed E-state index contributed by atoms with van der Waals surface area (Å²) >= 11 is 3.59. The van der Waals surface area contributed by atoms with E-state index in [9.17, 15) is 4.79 Å². The molecule has 106 valence electrons. The van der Waals surface area contributed by atoms with E-state index in [1.807, 2.05) is 18.2 Å². The predicted molar refractivity (Wildman–Crippen MR) is 81.3 cm³/mol. The van der Waals surface area contributed by atoms with Crippen molar-refractivity contribution in [1.82, 2.24) is 4.90 Å². The predicted octanol–water partition coefficient (Wildman–Crippen LogP) is 4.09. The molecule has 1 N–H and O–H groups in total. The van der Waals surface area contributed by atoms with Crippen LogP contribution in [0.4, 0.5) is 0 Å². The standard InChI is InChI=1S/C15H22BrNO2/c1-3-10-17(11-6-9-15(18)19)12(2)13-7-4-5-8-14(13)16/h4-5,7-8,12H,3,6,9-11H2,1-2H3,(H,18,19). The molecule has 19 heavy (non-hydrogen) atoms. The van der Waals surface area contributed by atoms with Crippen LogP contribution in [0.3, 0.4) is 0 Å². The van der Waals surface area contributed by atoms with Crippen LogP contribution >= 0.6 is 15.9 Å². The summed E-state index contributed by atoms with van der Waals surface area (Å²) in [4.78, 5) is 13.0. The molecule has 1 atom stereocenters. The van der Waals surface area contributed by atoms with Crippen LogP contribution < -0.4 is 0 Å².